The SMILES string of the molecule is Cc1ccc([S+](c2ccc(C)cc2)c2ccc3oc4ccccc4c(=O)c3c2)cc1.c1ccc([B-](c2ccccc2)(c2ccccc2)c2ccccc2)cc1. The lowest BCUT2D eigenvalue weighted by Crippen LogP contribution is -2.74. The summed E-state index contributed by atoms with van der Waals surface area (Å²) in [6, 6.07) is 74.3. The van der Waals surface area contributed by atoms with E-state index in [0.29, 0.717) is 21.9 Å². The minimum atomic E-state index is -1.22. The lowest BCUT2D eigenvalue weighted by molar-refractivity contribution is 0.659. The van der Waals surface area contributed by atoms with E-state index in [0.717, 1.165) is 4.90 Å². The van der Waals surface area contributed by atoms with Gasteiger partial charge in [-0.25, -0.2) is 0 Å². The van der Waals surface area contributed by atoms with Crippen molar-refractivity contribution in [3.63, 3.8) is 0 Å². The van der Waals surface area contributed by atoms with Gasteiger partial charge in [-0.3, -0.25) is 4.79 Å². The lowest BCUT2D eigenvalue weighted by Gasteiger charge is -2.44. The first-order valence-electron chi connectivity index (χ1n) is 18.7. The minimum absolute atomic E-state index is 0.0186. The summed E-state index contributed by atoms with van der Waals surface area (Å²) in [6.45, 7) is 4.19. The fourth-order valence-corrected chi connectivity index (χ4v) is 9.86. The first-order valence-corrected chi connectivity index (χ1v) is 20.0. The Morgan fingerprint density at radius 1 is 0.382 bits per heavy atom. The van der Waals surface area contributed by atoms with E-state index in [1.165, 1.54) is 42.8 Å². The molecule has 0 radical (unpaired) electrons. The first-order chi connectivity index (χ1) is 27.0. The molecule has 0 N–H and O–H groups in total. The number of benzene rings is 8. The van der Waals surface area contributed by atoms with Gasteiger partial charge in [0.15, 0.2) is 14.7 Å². The molecule has 1 heterocycles. The number of hydrogen-bond acceptors (Lipinski definition) is 2. The molecule has 0 bridgehead atoms. The summed E-state index contributed by atoms with van der Waals surface area (Å²) in [5.41, 5.74) is 9.09. The van der Waals surface area contributed by atoms with E-state index in [4.69, 9.17) is 4.42 Å². The van der Waals surface area contributed by atoms with Crippen LogP contribution in [0.3, 0.4) is 0 Å². The van der Waals surface area contributed by atoms with Crippen LogP contribution in [0.1, 0.15) is 11.1 Å². The van der Waals surface area contributed by atoms with E-state index in [1.54, 1.807) is 0 Å². The Morgan fingerprint density at radius 2 is 0.745 bits per heavy atom. The third-order valence-electron chi connectivity index (χ3n) is 10.5. The highest BCUT2D eigenvalue weighted by Crippen LogP contribution is 2.33. The van der Waals surface area contributed by atoms with E-state index in [-0.39, 0.29) is 16.3 Å². The number of fused-ring (bicyclic) bond motifs is 2. The zero-order valence-corrected chi connectivity index (χ0v) is 31.8. The molecule has 9 rings (SSSR count). The molecule has 0 amide bonds. The van der Waals surface area contributed by atoms with Gasteiger partial charge in [-0.05, 0) is 62.4 Å². The van der Waals surface area contributed by atoms with Crippen LogP contribution in [0.25, 0.3) is 21.9 Å². The highest BCUT2D eigenvalue weighted by Gasteiger charge is 2.31. The Labute approximate surface area is 326 Å². The van der Waals surface area contributed by atoms with Gasteiger partial charge in [0.25, 0.3) is 0 Å². The molecule has 0 saturated heterocycles. The van der Waals surface area contributed by atoms with Crippen molar-refractivity contribution in [2.24, 2.45) is 0 Å². The predicted molar refractivity (Wildman–Crippen MR) is 235 cm³/mol. The topological polar surface area (TPSA) is 30.2 Å². The molecule has 266 valence electrons. The molecule has 4 heteroatoms. The van der Waals surface area contributed by atoms with Crippen molar-refractivity contribution in [3.05, 3.63) is 234 Å². The normalized spacial score (nSPS) is 11.3. The number of aryl methyl sites for hydroxylation is 2. The second kappa shape index (κ2) is 15.9. The molecule has 55 heavy (non-hydrogen) atoms. The predicted octanol–water partition coefficient (Wildman–Crippen LogP) is 9.72. The minimum Gasteiger partial charge on any atom is -0.456 e. The number of rotatable bonds is 7. The molecular weight excluding hydrogens is 687 g/mol. The molecule has 0 spiro atoms. The summed E-state index contributed by atoms with van der Waals surface area (Å²) in [5, 5.41) is 1.25. The summed E-state index contributed by atoms with van der Waals surface area (Å²) < 4.78 is 6.01. The summed E-state index contributed by atoms with van der Waals surface area (Å²) in [4.78, 5) is 16.7. The molecule has 0 saturated carbocycles. The maximum atomic E-state index is 13.2. The van der Waals surface area contributed by atoms with Crippen molar-refractivity contribution in [2.75, 3.05) is 0 Å². The molecule has 8 aromatic carbocycles. The quantitative estimate of drug-likeness (QED) is 0.0930. The summed E-state index contributed by atoms with van der Waals surface area (Å²) in [6.07, 6.45) is -1.22. The highest BCUT2D eigenvalue weighted by molar-refractivity contribution is 7.97. The van der Waals surface area contributed by atoms with E-state index in [2.05, 4.69) is 190 Å². The molecule has 0 fully saturated rings. The van der Waals surface area contributed by atoms with Crippen LogP contribution in [0.2, 0.25) is 0 Å². The summed E-state index contributed by atoms with van der Waals surface area (Å²) in [5.74, 6) is 0. The van der Waals surface area contributed by atoms with Crippen LogP contribution in [-0.4, -0.2) is 6.15 Å². The fourth-order valence-electron chi connectivity index (χ4n) is 7.79. The molecule has 2 nitrogen and oxygen atoms in total. The molecule has 9 aromatic rings. The molecule has 0 aliphatic heterocycles. The second-order valence-electron chi connectivity index (χ2n) is 14.0. The maximum absolute atomic E-state index is 13.2. The van der Waals surface area contributed by atoms with Crippen LogP contribution in [-0.2, 0) is 10.9 Å². The Balaban J connectivity index is 0.000000158. The third-order valence-corrected chi connectivity index (χ3v) is 12.7. The van der Waals surface area contributed by atoms with Crippen LogP contribution in [0, 0.1) is 13.8 Å². The third kappa shape index (κ3) is 7.17. The van der Waals surface area contributed by atoms with E-state index >= 15 is 0 Å². The van der Waals surface area contributed by atoms with Crippen LogP contribution in [0.5, 0.6) is 0 Å². The Hall–Kier alpha value is -6.36. The molecule has 0 aliphatic carbocycles. The standard InChI is InChI=1S/C27H21O2S.C24H20B/c1-18-7-11-20(12-8-18)30(21-13-9-19(2)10-14-21)22-15-16-26-24(17-22)27(28)23-5-3-4-6-25(23)29-26;1-5-13-21(14-6-1)25(22-15-7-2-8-16-22,23-17-9-3-10-18-23)24-19-11-4-12-20-24/h3-17H,1-2H3;1-20H/q+1;-1. The van der Waals surface area contributed by atoms with Crippen LogP contribution in [0.4, 0.5) is 0 Å². The van der Waals surface area contributed by atoms with Gasteiger partial charge in [-0.15, -0.1) is 0 Å². The van der Waals surface area contributed by atoms with E-state index in [1.807, 2.05) is 36.4 Å². The summed E-state index contributed by atoms with van der Waals surface area (Å²) in [7, 11) is -0.310. The Bertz CT molecular complexity index is 2500. The Kier molecular flexibility index (Phi) is 10.3. The Morgan fingerprint density at radius 3 is 1.18 bits per heavy atom. The van der Waals surface area contributed by atoms with E-state index < -0.39 is 6.15 Å². The van der Waals surface area contributed by atoms with Crippen LogP contribution < -0.4 is 27.3 Å². The lowest BCUT2D eigenvalue weighted by atomic mass is 9.13. The van der Waals surface area contributed by atoms with Gasteiger partial charge in [0.1, 0.15) is 17.3 Å². The molecule has 1 aromatic heterocycles. The monoisotopic (exact) mass is 728 g/mol. The van der Waals surface area contributed by atoms with Crippen molar-refractivity contribution in [1.82, 2.24) is 0 Å². The first kappa shape index (κ1) is 35.7. The van der Waals surface area contributed by atoms with Gasteiger partial charge in [0, 0.05) is 6.07 Å². The van der Waals surface area contributed by atoms with E-state index in [9.17, 15) is 4.79 Å². The molecule has 0 unspecified atom stereocenters. The molecule has 0 atom stereocenters. The van der Waals surface area contributed by atoms with Gasteiger partial charge in [0.2, 0.25) is 5.43 Å². The van der Waals surface area contributed by atoms with Crippen LogP contribution >= 0.6 is 0 Å². The zero-order chi connectivity index (χ0) is 37.6. The highest BCUT2D eigenvalue weighted by atomic mass is 32.2. The van der Waals surface area contributed by atoms with Crippen molar-refractivity contribution < 1.29 is 4.42 Å². The van der Waals surface area contributed by atoms with Crippen molar-refractivity contribution in [1.29, 1.82) is 0 Å². The summed E-state index contributed by atoms with van der Waals surface area (Å²) >= 11 is 0. The van der Waals surface area contributed by atoms with Gasteiger partial charge < -0.3 is 4.42 Å². The second-order valence-corrected chi connectivity index (χ2v) is 16.1. The molecular formula is C51H41BO2S. The van der Waals surface area contributed by atoms with Crippen molar-refractivity contribution in [3.8, 4) is 0 Å². The zero-order valence-electron chi connectivity index (χ0n) is 31.0. The smallest absolute Gasteiger partial charge is 0.200 e. The van der Waals surface area contributed by atoms with Crippen molar-refractivity contribution in [2.45, 2.75) is 28.5 Å². The number of hydrogen-bond donors (Lipinski definition) is 0. The number of para-hydroxylation sites is 1. The van der Waals surface area contributed by atoms with Gasteiger partial charge >= 0.3 is 0 Å². The van der Waals surface area contributed by atoms with Crippen LogP contribution in [0.15, 0.2) is 236 Å². The van der Waals surface area contributed by atoms with Gasteiger partial charge in [-0.1, -0.05) is 169 Å². The van der Waals surface area contributed by atoms with Gasteiger partial charge in [-0.2, -0.15) is 21.9 Å². The molecule has 0 aliphatic rings. The van der Waals surface area contributed by atoms with Crippen molar-refractivity contribution >= 4 is 60.8 Å². The fraction of sp³-hybridized carbons (Fsp3) is 0.0392. The van der Waals surface area contributed by atoms with Gasteiger partial charge in [0.05, 0.1) is 21.7 Å². The average molecular weight is 729 g/mol. The largest absolute Gasteiger partial charge is 0.456 e. The average Bonchev–Trinajstić information content (AvgIpc) is 3.25. The maximum Gasteiger partial charge on any atom is 0.200 e.